The summed E-state index contributed by atoms with van der Waals surface area (Å²) in [4.78, 5) is 11.6. The van der Waals surface area contributed by atoms with Crippen LogP contribution in [0.15, 0.2) is 36.4 Å². The van der Waals surface area contributed by atoms with E-state index in [0.717, 1.165) is 24.3 Å². The maximum atomic E-state index is 14.1. The molecule has 0 aliphatic carbocycles. The standard InChI is InChI=1S/C23H29F3N2O2/c1-2-3-4-5-6-7-16-30-19-13-9-11-17-10-8-12-18(21(17)19)22(23(24,25)26)28-15-14-20(29)27-28/h8-13,22H,2-7,14-16H2,1H3,(H,27,29). The van der Waals surface area contributed by atoms with Gasteiger partial charge >= 0.3 is 6.18 Å². The summed E-state index contributed by atoms with van der Waals surface area (Å²) < 4.78 is 48.1. The number of halogens is 3. The van der Waals surface area contributed by atoms with Crippen LogP contribution in [0.2, 0.25) is 0 Å². The number of fused-ring (bicyclic) bond motifs is 1. The Morgan fingerprint density at radius 3 is 2.43 bits per heavy atom. The van der Waals surface area contributed by atoms with Crippen molar-refractivity contribution in [3.8, 4) is 5.75 Å². The van der Waals surface area contributed by atoms with Crippen LogP contribution in [0.4, 0.5) is 13.2 Å². The second-order valence-corrected chi connectivity index (χ2v) is 7.74. The van der Waals surface area contributed by atoms with Crippen LogP contribution in [0.5, 0.6) is 5.75 Å². The summed E-state index contributed by atoms with van der Waals surface area (Å²) in [5, 5.41) is 2.13. The van der Waals surface area contributed by atoms with Crippen LogP contribution in [0.25, 0.3) is 10.8 Å². The van der Waals surface area contributed by atoms with Crippen LogP contribution in [-0.4, -0.2) is 30.2 Å². The first-order valence-corrected chi connectivity index (χ1v) is 10.7. The second kappa shape index (κ2) is 10.2. The number of ether oxygens (including phenoxy) is 1. The number of nitrogens with one attached hydrogen (secondary N) is 1. The van der Waals surface area contributed by atoms with Gasteiger partial charge in [0.05, 0.1) is 6.61 Å². The fraction of sp³-hybridized carbons (Fsp3) is 0.522. The predicted octanol–water partition coefficient (Wildman–Crippen LogP) is 5.92. The first-order valence-electron chi connectivity index (χ1n) is 10.7. The molecule has 1 fully saturated rings. The Labute approximate surface area is 175 Å². The van der Waals surface area contributed by atoms with Gasteiger partial charge in [-0.25, -0.2) is 5.01 Å². The van der Waals surface area contributed by atoms with E-state index in [1.54, 1.807) is 30.3 Å². The van der Waals surface area contributed by atoms with Crippen molar-refractivity contribution in [3.63, 3.8) is 0 Å². The van der Waals surface area contributed by atoms with E-state index < -0.39 is 18.1 Å². The molecule has 164 valence electrons. The summed E-state index contributed by atoms with van der Waals surface area (Å²) in [6, 6.07) is 8.25. The van der Waals surface area contributed by atoms with Gasteiger partial charge in [-0.05, 0) is 23.4 Å². The van der Waals surface area contributed by atoms with Gasteiger partial charge in [0.15, 0.2) is 6.04 Å². The molecule has 1 saturated heterocycles. The van der Waals surface area contributed by atoms with Crippen LogP contribution < -0.4 is 10.2 Å². The minimum Gasteiger partial charge on any atom is -0.493 e. The van der Waals surface area contributed by atoms with Gasteiger partial charge in [-0.15, -0.1) is 0 Å². The van der Waals surface area contributed by atoms with E-state index in [4.69, 9.17) is 4.74 Å². The summed E-state index contributed by atoms with van der Waals surface area (Å²) in [6.45, 7) is 2.65. The van der Waals surface area contributed by atoms with Crippen molar-refractivity contribution in [2.75, 3.05) is 13.2 Å². The summed E-state index contributed by atoms with van der Waals surface area (Å²) in [6.07, 6.45) is 2.17. The quantitative estimate of drug-likeness (QED) is 0.483. The van der Waals surface area contributed by atoms with Crippen molar-refractivity contribution in [2.24, 2.45) is 0 Å². The van der Waals surface area contributed by atoms with E-state index in [1.807, 2.05) is 0 Å². The largest absolute Gasteiger partial charge is 0.493 e. The number of hydrazine groups is 1. The number of benzene rings is 2. The third-order valence-electron chi connectivity index (χ3n) is 5.42. The Bertz CT molecular complexity index is 849. The average molecular weight is 422 g/mol. The van der Waals surface area contributed by atoms with E-state index in [1.165, 1.54) is 25.3 Å². The molecule has 4 nitrogen and oxygen atoms in total. The molecule has 1 N–H and O–H groups in total. The lowest BCUT2D eigenvalue weighted by molar-refractivity contribution is -0.190. The molecule has 2 aromatic carbocycles. The lowest BCUT2D eigenvalue weighted by atomic mass is 9.97. The van der Waals surface area contributed by atoms with Crippen molar-refractivity contribution < 1.29 is 22.7 Å². The molecule has 1 atom stereocenters. The van der Waals surface area contributed by atoms with E-state index in [0.29, 0.717) is 23.1 Å². The Morgan fingerprint density at radius 1 is 1.07 bits per heavy atom. The van der Waals surface area contributed by atoms with Crippen molar-refractivity contribution in [2.45, 2.75) is 64.1 Å². The number of unbranched alkanes of at least 4 members (excludes halogenated alkanes) is 5. The Kier molecular flexibility index (Phi) is 7.58. The average Bonchev–Trinajstić information content (AvgIpc) is 3.12. The number of alkyl halides is 3. The number of hydrogen-bond donors (Lipinski definition) is 1. The molecule has 30 heavy (non-hydrogen) atoms. The van der Waals surface area contributed by atoms with Gasteiger partial charge in [-0.1, -0.05) is 69.4 Å². The fourth-order valence-corrected chi connectivity index (χ4v) is 3.96. The number of rotatable bonds is 10. The summed E-state index contributed by atoms with van der Waals surface area (Å²) in [7, 11) is 0. The molecule has 0 aromatic heterocycles. The third kappa shape index (κ3) is 5.45. The highest BCUT2D eigenvalue weighted by atomic mass is 19.4. The molecule has 1 aliphatic heterocycles. The third-order valence-corrected chi connectivity index (χ3v) is 5.42. The monoisotopic (exact) mass is 422 g/mol. The zero-order valence-corrected chi connectivity index (χ0v) is 17.3. The second-order valence-electron chi connectivity index (χ2n) is 7.74. The van der Waals surface area contributed by atoms with Gasteiger partial charge in [-0.3, -0.25) is 10.2 Å². The molecule has 3 rings (SSSR count). The molecule has 1 amide bonds. The van der Waals surface area contributed by atoms with Crippen LogP contribution in [0, 0.1) is 0 Å². The molecule has 1 aliphatic rings. The SMILES string of the molecule is CCCCCCCCOc1cccc2cccc(C(N3CCC(=O)N3)C(F)(F)F)c12. The van der Waals surface area contributed by atoms with Gasteiger partial charge in [0, 0.05) is 18.4 Å². The van der Waals surface area contributed by atoms with Gasteiger partial charge in [0.1, 0.15) is 5.75 Å². The van der Waals surface area contributed by atoms with E-state index in [2.05, 4.69) is 12.3 Å². The summed E-state index contributed by atoms with van der Waals surface area (Å²) in [5.74, 6) is 0.0560. The lowest BCUT2D eigenvalue weighted by Crippen LogP contribution is -2.43. The Balaban J connectivity index is 1.85. The minimum atomic E-state index is -4.54. The molecule has 0 bridgehead atoms. The smallest absolute Gasteiger partial charge is 0.409 e. The van der Waals surface area contributed by atoms with Crippen LogP contribution in [0.1, 0.15) is 63.5 Å². The van der Waals surface area contributed by atoms with E-state index >= 15 is 0 Å². The van der Waals surface area contributed by atoms with Gasteiger partial charge < -0.3 is 4.74 Å². The molecule has 0 spiro atoms. The zero-order valence-electron chi connectivity index (χ0n) is 17.3. The molecular weight excluding hydrogens is 393 g/mol. The number of nitrogens with zero attached hydrogens (tertiary/aromatic N) is 1. The topological polar surface area (TPSA) is 41.6 Å². The highest BCUT2D eigenvalue weighted by molar-refractivity contribution is 5.92. The molecule has 0 radical (unpaired) electrons. The van der Waals surface area contributed by atoms with Gasteiger partial charge in [0.2, 0.25) is 5.91 Å². The number of carbonyl (C=O) groups excluding carboxylic acids is 1. The van der Waals surface area contributed by atoms with Crippen molar-refractivity contribution in [1.29, 1.82) is 0 Å². The maximum absolute atomic E-state index is 14.1. The van der Waals surface area contributed by atoms with Crippen molar-refractivity contribution >= 4 is 16.7 Å². The maximum Gasteiger partial charge on any atom is 0.409 e. The van der Waals surface area contributed by atoms with Crippen LogP contribution in [-0.2, 0) is 4.79 Å². The number of hydrogen-bond acceptors (Lipinski definition) is 3. The van der Waals surface area contributed by atoms with E-state index in [9.17, 15) is 18.0 Å². The van der Waals surface area contributed by atoms with Gasteiger partial charge in [0.25, 0.3) is 0 Å². The highest BCUT2D eigenvalue weighted by Gasteiger charge is 2.47. The van der Waals surface area contributed by atoms with Crippen LogP contribution >= 0.6 is 0 Å². The Morgan fingerprint density at radius 2 is 1.77 bits per heavy atom. The normalized spacial score (nSPS) is 16.1. The summed E-state index contributed by atoms with van der Waals surface area (Å²) in [5.41, 5.74) is 2.45. The lowest BCUT2D eigenvalue weighted by Gasteiger charge is -2.30. The zero-order chi connectivity index (χ0) is 21.6. The molecule has 1 heterocycles. The number of amides is 1. The van der Waals surface area contributed by atoms with Crippen LogP contribution in [0.3, 0.4) is 0 Å². The Hall–Kier alpha value is -2.28. The molecule has 1 unspecified atom stereocenters. The van der Waals surface area contributed by atoms with E-state index in [-0.39, 0.29) is 18.5 Å². The number of carbonyl (C=O) groups is 1. The highest BCUT2D eigenvalue weighted by Crippen LogP contribution is 2.43. The predicted molar refractivity (Wildman–Crippen MR) is 111 cm³/mol. The first kappa shape index (κ1) is 22.4. The molecular formula is C23H29F3N2O2. The minimum absolute atomic E-state index is 0.0141. The molecule has 7 heteroatoms. The molecule has 2 aromatic rings. The van der Waals surface area contributed by atoms with Crippen molar-refractivity contribution in [3.05, 3.63) is 42.0 Å². The fourth-order valence-electron chi connectivity index (χ4n) is 3.96. The molecule has 0 saturated carbocycles. The summed E-state index contributed by atoms with van der Waals surface area (Å²) >= 11 is 0. The van der Waals surface area contributed by atoms with Gasteiger partial charge in [-0.2, -0.15) is 13.2 Å². The first-order chi connectivity index (χ1) is 14.4. The van der Waals surface area contributed by atoms with Crippen molar-refractivity contribution in [1.82, 2.24) is 10.4 Å².